The van der Waals surface area contributed by atoms with Gasteiger partial charge >= 0.3 is 0 Å². The van der Waals surface area contributed by atoms with Gasteiger partial charge in [0.15, 0.2) is 6.29 Å². The minimum Gasteiger partial charge on any atom is -0.394 e. The highest BCUT2D eigenvalue weighted by molar-refractivity contribution is 5.76. The van der Waals surface area contributed by atoms with E-state index in [9.17, 15) is 24.9 Å². The predicted molar refractivity (Wildman–Crippen MR) is 171 cm³/mol. The maximum Gasteiger partial charge on any atom is 0.222 e. The molecular weight excluding hydrogens is 564 g/mol. The number of hydrogen-bond acceptors (Lipinski definition) is 8. The Morgan fingerprint density at radius 3 is 2.34 bits per heavy atom. The molecule has 2 fully saturated rings. The zero-order valence-electron chi connectivity index (χ0n) is 28.1. The lowest BCUT2D eigenvalue weighted by Gasteiger charge is -2.30. The molecule has 4 N–H and O–H groups in total. The van der Waals surface area contributed by atoms with E-state index in [1.54, 1.807) is 0 Å². The number of unbranched alkanes of at least 4 members (excludes halogenated alkanes) is 2. The number of rotatable bonds is 22. The molecule has 2 aliphatic rings. The number of carbonyl (C=O) groups excluding carboxylic acids is 2. The van der Waals surface area contributed by atoms with E-state index in [2.05, 4.69) is 19.2 Å². The van der Waals surface area contributed by atoms with Gasteiger partial charge in [-0.15, -0.1) is 0 Å². The van der Waals surface area contributed by atoms with Gasteiger partial charge in [-0.1, -0.05) is 58.8 Å². The number of hydrogen-bond donors (Lipinski definition) is 4. The molecule has 1 aliphatic heterocycles. The molecule has 0 spiro atoms. The highest BCUT2D eigenvalue weighted by Gasteiger charge is 2.31. The first kappa shape index (κ1) is 38.9. The normalized spacial score (nSPS) is 23.7. The van der Waals surface area contributed by atoms with Crippen LogP contribution in [0.5, 0.6) is 0 Å². The van der Waals surface area contributed by atoms with Crippen molar-refractivity contribution >= 4 is 11.8 Å². The lowest BCUT2D eigenvalue weighted by molar-refractivity contribution is -0.214. The molecular formula is C34H64N2O8. The molecule has 10 heteroatoms. The molecule has 258 valence electrons. The molecule has 4 unspecified atom stereocenters. The molecule has 0 aromatic heterocycles. The second kappa shape index (κ2) is 22.3. The van der Waals surface area contributed by atoms with Crippen LogP contribution in [0.3, 0.4) is 0 Å². The Labute approximate surface area is 266 Å². The van der Waals surface area contributed by atoms with Crippen molar-refractivity contribution in [1.82, 2.24) is 10.2 Å². The lowest BCUT2D eigenvalue weighted by Crippen LogP contribution is -2.50. The second-order valence-corrected chi connectivity index (χ2v) is 13.1. The number of amides is 2. The summed E-state index contributed by atoms with van der Waals surface area (Å²) in [6, 6.07) is -0.664. The van der Waals surface area contributed by atoms with Crippen LogP contribution in [0.4, 0.5) is 0 Å². The lowest BCUT2D eigenvalue weighted by atomic mass is 9.80. The Morgan fingerprint density at radius 2 is 1.70 bits per heavy atom. The summed E-state index contributed by atoms with van der Waals surface area (Å²) in [4.78, 5) is 26.7. The molecule has 7 atom stereocenters. The van der Waals surface area contributed by atoms with E-state index in [1.165, 1.54) is 58.8 Å². The molecule has 0 radical (unpaired) electrons. The van der Waals surface area contributed by atoms with Crippen molar-refractivity contribution in [2.45, 2.75) is 161 Å². The van der Waals surface area contributed by atoms with E-state index in [0.717, 1.165) is 56.9 Å². The average Bonchev–Trinajstić information content (AvgIpc) is 3.35. The molecule has 10 nitrogen and oxygen atoms in total. The summed E-state index contributed by atoms with van der Waals surface area (Å²) in [6.45, 7) is 8.31. The Balaban J connectivity index is 1.73. The molecule has 1 aliphatic carbocycles. The zero-order valence-corrected chi connectivity index (χ0v) is 28.1. The molecule has 1 saturated carbocycles. The third-order valence-electron chi connectivity index (χ3n) is 9.43. The zero-order chi connectivity index (χ0) is 32.3. The van der Waals surface area contributed by atoms with Gasteiger partial charge in [-0.2, -0.15) is 0 Å². The van der Waals surface area contributed by atoms with E-state index < -0.39 is 37.8 Å². The fourth-order valence-corrected chi connectivity index (χ4v) is 6.97. The predicted octanol–water partition coefficient (Wildman–Crippen LogP) is 4.32. The number of nitrogens with zero attached hydrogens (tertiary/aromatic N) is 1. The Kier molecular flexibility index (Phi) is 19.7. The van der Waals surface area contributed by atoms with Crippen LogP contribution in [0.25, 0.3) is 0 Å². The summed E-state index contributed by atoms with van der Waals surface area (Å²) in [5.74, 6) is 1.54. The van der Waals surface area contributed by atoms with Crippen molar-refractivity contribution in [2.75, 3.05) is 33.0 Å². The van der Waals surface area contributed by atoms with Gasteiger partial charge in [0, 0.05) is 26.5 Å². The molecule has 2 amide bonds. The van der Waals surface area contributed by atoms with Crippen LogP contribution < -0.4 is 5.32 Å². The Hall–Kier alpha value is -1.30. The van der Waals surface area contributed by atoms with Gasteiger partial charge in [0.25, 0.3) is 0 Å². The third-order valence-corrected chi connectivity index (χ3v) is 9.43. The number of aliphatic hydroxyl groups excluding tert-OH is 3. The Morgan fingerprint density at radius 1 is 0.955 bits per heavy atom. The summed E-state index contributed by atoms with van der Waals surface area (Å²) in [5, 5.41) is 31.7. The van der Waals surface area contributed by atoms with Crippen molar-refractivity contribution in [3.8, 4) is 0 Å². The summed E-state index contributed by atoms with van der Waals surface area (Å²) < 4.78 is 18.0. The summed E-state index contributed by atoms with van der Waals surface area (Å²) >= 11 is 0. The maximum absolute atomic E-state index is 13.1. The topological polar surface area (TPSA) is 138 Å². The minimum atomic E-state index is -1.03. The first-order chi connectivity index (χ1) is 21.2. The van der Waals surface area contributed by atoms with Gasteiger partial charge in [-0.3, -0.25) is 9.59 Å². The molecule has 44 heavy (non-hydrogen) atoms. The minimum absolute atomic E-state index is 0.174. The standard InChI is InChI=1S/C34H64N2O8/c1-5-12-27(13-6-2)28-14-10-16-30(19-18-28)43-24-29-15-11-20-36(29)33(41)17-8-7-9-21-42-34(31(22-37)35-26(4)40)44-32(23-38)25(3)39/h25,27-32,34,37-39H,5-24H2,1-4H3,(H,35,40)/t25-,28?,29+,30?,31+,32?,34?/m1/s1. The third kappa shape index (κ3) is 14.0. The SMILES string of the molecule is CCCC(CCC)C1CCCC(OC[C@@H]2CCCN2C(=O)CCCCCOC(OC(CO)[C@@H](C)O)[C@H](CO)NC(C)=O)CC1. The van der Waals surface area contributed by atoms with Crippen LogP contribution >= 0.6 is 0 Å². The molecule has 1 saturated heterocycles. The first-order valence-electron chi connectivity index (χ1n) is 17.6. The molecule has 0 bridgehead atoms. The van der Waals surface area contributed by atoms with Crippen LogP contribution in [0.15, 0.2) is 0 Å². The maximum atomic E-state index is 13.1. The largest absolute Gasteiger partial charge is 0.394 e. The van der Waals surface area contributed by atoms with Crippen molar-refractivity contribution in [2.24, 2.45) is 11.8 Å². The van der Waals surface area contributed by atoms with Crippen LogP contribution in [0.1, 0.15) is 124 Å². The molecule has 0 aromatic carbocycles. The molecule has 1 heterocycles. The van der Waals surface area contributed by atoms with Crippen molar-refractivity contribution in [1.29, 1.82) is 0 Å². The summed E-state index contributed by atoms with van der Waals surface area (Å²) in [5.41, 5.74) is 0. The second-order valence-electron chi connectivity index (χ2n) is 13.1. The van der Waals surface area contributed by atoms with Crippen molar-refractivity contribution in [3.05, 3.63) is 0 Å². The number of carbonyl (C=O) groups is 2. The number of aliphatic hydroxyl groups is 3. The van der Waals surface area contributed by atoms with Crippen LogP contribution in [0, 0.1) is 11.8 Å². The quantitative estimate of drug-likeness (QED) is 0.0791. The van der Waals surface area contributed by atoms with Gasteiger partial charge in [0.1, 0.15) is 12.1 Å². The highest BCUT2D eigenvalue weighted by atomic mass is 16.7. The van der Waals surface area contributed by atoms with Crippen molar-refractivity contribution < 1.29 is 39.1 Å². The Bertz CT molecular complexity index is 778. The average molecular weight is 629 g/mol. The van der Waals surface area contributed by atoms with Gasteiger partial charge in [-0.05, 0) is 63.7 Å². The first-order valence-corrected chi connectivity index (χ1v) is 17.6. The van der Waals surface area contributed by atoms with Crippen molar-refractivity contribution in [3.63, 3.8) is 0 Å². The fraction of sp³-hybridized carbons (Fsp3) is 0.941. The van der Waals surface area contributed by atoms with Crippen LogP contribution in [0.2, 0.25) is 0 Å². The number of likely N-dealkylation sites (tertiary alicyclic amines) is 1. The monoisotopic (exact) mass is 628 g/mol. The highest BCUT2D eigenvalue weighted by Crippen LogP contribution is 2.35. The van der Waals surface area contributed by atoms with E-state index in [4.69, 9.17) is 14.2 Å². The smallest absolute Gasteiger partial charge is 0.222 e. The number of nitrogens with one attached hydrogen (secondary N) is 1. The summed E-state index contributed by atoms with van der Waals surface area (Å²) in [7, 11) is 0. The van der Waals surface area contributed by atoms with Gasteiger partial charge in [0.2, 0.25) is 11.8 Å². The fourth-order valence-electron chi connectivity index (χ4n) is 6.97. The van der Waals surface area contributed by atoms with E-state index >= 15 is 0 Å². The van der Waals surface area contributed by atoms with Gasteiger partial charge < -0.3 is 39.7 Å². The van der Waals surface area contributed by atoms with Crippen LogP contribution in [-0.2, 0) is 23.8 Å². The van der Waals surface area contributed by atoms with Crippen LogP contribution in [-0.4, -0.2) is 102 Å². The van der Waals surface area contributed by atoms with E-state index in [1.807, 2.05) is 4.90 Å². The molecule has 0 aromatic rings. The van der Waals surface area contributed by atoms with Gasteiger partial charge in [0.05, 0.1) is 38.1 Å². The molecule has 2 rings (SSSR count). The number of ether oxygens (including phenoxy) is 3. The van der Waals surface area contributed by atoms with E-state index in [-0.39, 0.29) is 24.5 Å². The van der Waals surface area contributed by atoms with Gasteiger partial charge in [-0.25, -0.2) is 0 Å². The summed E-state index contributed by atoms with van der Waals surface area (Å²) in [6.07, 6.45) is 13.5. The van der Waals surface area contributed by atoms with E-state index in [0.29, 0.717) is 25.6 Å².